The standard InChI is InChI=1S/C20H23NO4.C17H20N2S.C16H25NO2.C15H15NO2S.C14H14O3.C6H5NO2/c22-13-4-3-12-9-15-20(24)6-5-14(23)18-19(20,16(12)17(13)25-18)7-8-21(15)10-11-1-2-11;1-13(18(2)3)12-19-14-8-4-6-10-16(14)20-17-11-7-5-9-15(17)19;1-17(2)12-14-7-4-5-10-16(14,18)13-8-6-9-15(11-13)19-3;16-14(17)11-19(18)15(12-7-3-1-4-8-12)13-9-5-2-6-10-13;1-9(14(15)16)10-3-4-12-8-13(17-2)6-5-11(12)7-10;8-6(9)5-2-1-3-7-4-5/h3-4,11,15,18,22,24H,1-2,5-10H2;4-11,13H,12H2,1-3H3;6,8-9,11,14,18H,4-5,7,10,12H2,1-3H3;1-10,15H,11H2,(H2,16,17);3-9H,1-2H3,(H,15,16);1-4H,(H,8,9)/t15-,18+,19+,20-;;14-,16+;;9-;/m1.1.0./s1. The molecular formula is C88H102N6O13S2. The molecule has 2 bridgehead atoms. The summed E-state index contributed by atoms with van der Waals surface area (Å²) < 4.78 is 28.8. The summed E-state index contributed by atoms with van der Waals surface area (Å²) in [6, 6.07) is 63.0. The maximum Gasteiger partial charge on any atom is 0.337 e. The quantitative estimate of drug-likeness (QED) is 0.0436. The highest BCUT2D eigenvalue weighted by Gasteiger charge is 2.73. The number of aliphatic carboxylic acids is 1. The molecule has 1 spiro atoms. The summed E-state index contributed by atoms with van der Waals surface area (Å²) in [6.07, 6.45) is 11.4. The van der Waals surface area contributed by atoms with Crippen molar-refractivity contribution in [2.75, 3.05) is 79.2 Å². The number of carbonyl (C=O) groups is 4. The lowest BCUT2D eigenvalue weighted by Gasteiger charge is -2.62. The highest BCUT2D eigenvalue weighted by atomic mass is 32.2. The number of carbonyl (C=O) groups excluding carboxylic acids is 2. The number of carboxylic acids is 2. The summed E-state index contributed by atoms with van der Waals surface area (Å²) in [5.74, 6) is 0.395. The number of nitrogens with zero attached hydrogens (tertiary/aromatic N) is 5. The molecule has 1 aromatic heterocycles. The fourth-order valence-electron chi connectivity index (χ4n) is 16.1. The molecule has 3 saturated carbocycles. The van der Waals surface area contributed by atoms with E-state index in [4.69, 9.17) is 30.2 Å². The predicted octanol–water partition coefficient (Wildman–Crippen LogP) is 14.2. The molecule has 4 aliphatic carbocycles. The summed E-state index contributed by atoms with van der Waals surface area (Å²) >= 11 is 0.502. The Morgan fingerprint density at radius 3 is 1.94 bits per heavy atom. The monoisotopic (exact) mass is 1510 g/mol. The lowest BCUT2D eigenvalue weighted by molar-refractivity contribution is -0.188. The lowest BCUT2D eigenvalue weighted by Crippen LogP contribution is -2.76. The Bertz CT molecular complexity index is 4510. The number of likely N-dealkylation sites (N-methyl/N-ethyl adjacent to an activating group) is 1. The summed E-state index contributed by atoms with van der Waals surface area (Å²) in [4.78, 5) is 60.5. The van der Waals surface area contributed by atoms with Crippen LogP contribution in [0.5, 0.6) is 23.0 Å². The molecular weight excluding hydrogens is 1410 g/mol. The Labute approximate surface area is 647 Å². The largest absolute Gasteiger partial charge is 0.615 e. The van der Waals surface area contributed by atoms with Crippen LogP contribution in [0.15, 0.2) is 216 Å². The number of rotatable bonds is 18. The van der Waals surface area contributed by atoms with Gasteiger partial charge < -0.3 is 64.7 Å². The Balaban J connectivity index is 0.000000132. The molecule has 4 fully saturated rings. The molecule has 21 heteroatoms. The van der Waals surface area contributed by atoms with Crippen molar-refractivity contribution in [3.8, 4) is 23.0 Å². The second-order valence-corrected chi connectivity index (χ2v) is 32.4. The molecule has 2 unspecified atom stereocenters. The van der Waals surface area contributed by atoms with Gasteiger partial charge in [0.2, 0.25) is 0 Å². The minimum atomic E-state index is -1.36. The number of fused-ring (bicyclic) bond motifs is 3. The van der Waals surface area contributed by atoms with Gasteiger partial charge in [0, 0.05) is 82.9 Å². The van der Waals surface area contributed by atoms with Gasteiger partial charge in [-0.1, -0.05) is 152 Å². The van der Waals surface area contributed by atoms with Gasteiger partial charge in [0.15, 0.2) is 34.4 Å². The van der Waals surface area contributed by atoms with Gasteiger partial charge in [-0.3, -0.25) is 24.3 Å². The number of Topliss-reactive ketones (excluding diaryl/α,β-unsaturated/α-hetero) is 1. The maximum absolute atomic E-state index is 12.7. The third kappa shape index (κ3) is 18.4. The molecule has 19 nitrogen and oxygen atoms in total. The van der Waals surface area contributed by atoms with Gasteiger partial charge in [-0.05, 0) is 205 Å². The van der Waals surface area contributed by atoms with Crippen LogP contribution in [0.25, 0.3) is 10.8 Å². The highest BCUT2D eigenvalue weighted by Crippen LogP contribution is 2.65. The Morgan fingerprint density at radius 1 is 0.725 bits per heavy atom. The smallest absolute Gasteiger partial charge is 0.337 e. The van der Waals surface area contributed by atoms with Crippen LogP contribution < -0.4 is 24.8 Å². The number of aliphatic hydroxyl groups is 2. The molecule has 0 radical (unpaired) electrons. The predicted molar refractivity (Wildman–Crippen MR) is 429 cm³/mol. The number of pyridine rings is 1. The SMILES string of the molecule is CC(CN1c2ccccc2Sc2ccccc21)N(C)C.COc1ccc2cc([C@H](C)C(=O)O)ccc2c1.COc1cccc([C@@]2(O)CCCC[C@@H]2CN(C)C)c1.NC(=O)C[S+]([O-])C(c1ccccc1)c1ccccc1.O=C(O)c1cccnc1.O=C1CC[C@@]2(O)[C@H]3Cc4ccc(O)c5c4[C@@]2(CCN3CC2CC2)[C@H]1O5. The number of aromatic carboxylic acids is 1. The minimum Gasteiger partial charge on any atom is -0.615 e. The van der Waals surface area contributed by atoms with Crippen molar-refractivity contribution in [2.45, 2.75) is 134 Å². The number of phenols is 1. The normalized spacial score (nSPS) is 21.8. The number of hydrogen-bond donors (Lipinski definition) is 6. The van der Waals surface area contributed by atoms with Gasteiger partial charge in [0.25, 0.3) is 5.91 Å². The van der Waals surface area contributed by atoms with E-state index in [0.29, 0.717) is 30.6 Å². The van der Waals surface area contributed by atoms with Crippen LogP contribution in [0.1, 0.15) is 127 Å². The van der Waals surface area contributed by atoms with E-state index in [-0.39, 0.29) is 34.1 Å². The van der Waals surface area contributed by atoms with Crippen LogP contribution in [0.2, 0.25) is 0 Å². The molecule has 9 atom stereocenters. The zero-order valence-electron chi connectivity index (χ0n) is 63.4. The number of ether oxygens (including phenoxy) is 3. The van der Waals surface area contributed by atoms with Crippen molar-refractivity contribution in [2.24, 2.45) is 17.6 Å². The lowest BCUT2D eigenvalue weighted by atomic mass is 9.49. The van der Waals surface area contributed by atoms with Crippen LogP contribution in [-0.4, -0.2) is 172 Å². The average molecular weight is 1520 g/mol. The molecule has 574 valence electrons. The topological polar surface area (TPSA) is 272 Å². The average Bonchev–Trinajstić information content (AvgIpc) is 1.55. The number of primary amides is 1. The third-order valence-electron chi connectivity index (χ3n) is 22.2. The number of ketones is 1. The van der Waals surface area contributed by atoms with Crippen LogP contribution in [-0.2, 0) is 43.0 Å². The molecule has 4 heterocycles. The fourth-order valence-corrected chi connectivity index (χ4v) is 18.6. The molecule has 7 N–H and O–H groups in total. The van der Waals surface area contributed by atoms with Gasteiger partial charge in [-0.15, -0.1) is 0 Å². The highest BCUT2D eigenvalue weighted by molar-refractivity contribution is 7.99. The number of likely N-dealkylation sites (tertiary alicyclic amines) is 1. The Hall–Kier alpha value is -9.29. The Kier molecular flexibility index (Phi) is 26.7. The molecule has 109 heavy (non-hydrogen) atoms. The number of methoxy groups -OCH3 is 2. The maximum atomic E-state index is 12.7. The van der Waals surface area contributed by atoms with Crippen molar-refractivity contribution >= 4 is 68.7 Å². The van der Waals surface area contributed by atoms with E-state index < -0.39 is 57.7 Å². The summed E-state index contributed by atoms with van der Waals surface area (Å²) in [5.41, 5.74) is 11.4. The second-order valence-electron chi connectivity index (χ2n) is 29.8. The van der Waals surface area contributed by atoms with E-state index in [1.165, 1.54) is 58.9 Å². The van der Waals surface area contributed by atoms with E-state index in [1.54, 1.807) is 33.3 Å². The number of aromatic hydroxyl groups is 1. The van der Waals surface area contributed by atoms with Gasteiger partial charge in [0.05, 0.1) is 53.7 Å². The van der Waals surface area contributed by atoms with Crippen molar-refractivity contribution in [3.63, 3.8) is 0 Å². The number of phenolic OH excluding ortho intramolecular Hbond substituents is 1. The van der Waals surface area contributed by atoms with E-state index in [2.05, 4.69) is 108 Å². The number of hydrogen-bond acceptors (Lipinski definition) is 17. The number of benzene rings is 8. The van der Waals surface area contributed by atoms with E-state index in [9.17, 15) is 39.1 Å². The number of nitrogens with two attached hydrogens (primary N) is 1. The van der Waals surface area contributed by atoms with Gasteiger partial charge >= 0.3 is 11.9 Å². The van der Waals surface area contributed by atoms with E-state index in [0.717, 1.165) is 120 Å². The Morgan fingerprint density at radius 2 is 1.36 bits per heavy atom. The molecule has 9 aromatic rings. The van der Waals surface area contributed by atoms with Crippen LogP contribution in [0, 0.1) is 11.8 Å². The molecule has 16 rings (SSSR count). The van der Waals surface area contributed by atoms with Crippen molar-refractivity contribution in [1.29, 1.82) is 0 Å². The summed E-state index contributed by atoms with van der Waals surface area (Å²) in [6.45, 7) is 7.84. The number of carboxylic acid groups (broad SMARTS) is 2. The first-order valence-electron chi connectivity index (χ1n) is 37.4. The van der Waals surface area contributed by atoms with Crippen molar-refractivity contribution in [3.05, 3.63) is 245 Å². The third-order valence-corrected chi connectivity index (χ3v) is 25.0. The summed E-state index contributed by atoms with van der Waals surface area (Å²) in [5, 5.41) is 52.5. The molecule has 8 aromatic carbocycles. The van der Waals surface area contributed by atoms with Gasteiger partial charge in [0.1, 0.15) is 11.5 Å². The molecule has 7 aliphatic rings. The number of para-hydroxylation sites is 2. The fraction of sp³-hybridized carbons (Fsp3) is 0.375. The van der Waals surface area contributed by atoms with Crippen molar-refractivity contribution in [1.82, 2.24) is 19.7 Å². The first kappa shape index (κ1) is 80.7. The zero-order chi connectivity index (χ0) is 77.7. The number of amides is 1. The van der Waals surface area contributed by atoms with Gasteiger partial charge in [-0.25, -0.2) is 4.79 Å². The van der Waals surface area contributed by atoms with E-state index >= 15 is 0 Å². The molecule has 1 saturated heterocycles. The van der Waals surface area contributed by atoms with Crippen molar-refractivity contribution < 1.29 is 63.5 Å². The zero-order valence-corrected chi connectivity index (χ0v) is 65.0. The first-order chi connectivity index (χ1) is 52.4. The van der Waals surface area contributed by atoms with E-state index in [1.807, 2.05) is 139 Å². The first-order valence-corrected chi connectivity index (χ1v) is 39.6. The number of anilines is 2. The number of aromatic nitrogens is 1. The van der Waals surface area contributed by atoms with Gasteiger partial charge in [-0.2, -0.15) is 0 Å². The molecule has 3 aliphatic heterocycles. The minimum absolute atomic E-state index is 0.0454. The number of piperidine rings is 1. The second kappa shape index (κ2) is 36.0. The van der Waals surface area contributed by atoms with Crippen LogP contribution in [0.4, 0.5) is 11.4 Å². The molecule has 1 amide bonds. The van der Waals surface area contributed by atoms with Crippen LogP contribution in [0.3, 0.4) is 0 Å². The summed E-state index contributed by atoms with van der Waals surface area (Å²) in [7, 11) is 11.7. The van der Waals surface area contributed by atoms with Crippen LogP contribution >= 0.6 is 11.8 Å².